The Morgan fingerprint density at radius 1 is 1.43 bits per heavy atom. The Bertz CT molecular complexity index is 615. The zero-order valence-corrected chi connectivity index (χ0v) is 12.6. The number of hydrogen-bond donors (Lipinski definition) is 1. The first-order valence-electron chi connectivity index (χ1n) is 6.97. The van der Waals surface area contributed by atoms with Gasteiger partial charge in [-0.1, -0.05) is 23.4 Å². The van der Waals surface area contributed by atoms with Crippen molar-refractivity contribution in [2.75, 3.05) is 6.61 Å². The van der Waals surface area contributed by atoms with Gasteiger partial charge in [-0.2, -0.15) is 0 Å². The SMILES string of the molecule is CCOC(=O)C[C@H](N)c1cccc(-c2c(C)noc2C)c1. The van der Waals surface area contributed by atoms with Crippen LogP contribution in [-0.4, -0.2) is 17.7 Å². The average molecular weight is 288 g/mol. The maximum Gasteiger partial charge on any atom is 0.307 e. The molecule has 2 N–H and O–H groups in total. The maximum absolute atomic E-state index is 11.5. The Morgan fingerprint density at radius 3 is 2.81 bits per heavy atom. The predicted molar refractivity (Wildman–Crippen MR) is 79.6 cm³/mol. The molecule has 112 valence electrons. The molecule has 21 heavy (non-hydrogen) atoms. The number of nitrogens with two attached hydrogens (primary N) is 1. The van der Waals surface area contributed by atoms with Crippen molar-refractivity contribution in [2.24, 2.45) is 5.73 Å². The summed E-state index contributed by atoms with van der Waals surface area (Å²) in [6, 6.07) is 7.39. The Labute approximate surface area is 124 Å². The van der Waals surface area contributed by atoms with Crippen LogP contribution in [0.2, 0.25) is 0 Å². The minimum Gasteiger partial charge on any atom is -0.466 e. The van der Waals surface area contributed by atoms with Crippen molar-refractivity contribution in [3.8, 4) is 11.1 Å². The van der Waals surface area contributed by atoms with Gasteiger partial charge in [0.1, 0.15) is 5.76 Å². The molecule has 1 heterocycles. The Kier molecular flexibility index (Phi) is 4.75. The van der Waals surface area contributed by atoms with Crippen LogP contribution >= 0.6 is 0 Å². The topological polar surface area (TPSA) is 78.4 Å². The van der Waals surface area contributed by atoms with Crippen LogP contribution in [0.5, 0.6) is 0 Å². The molecule has 0 aliphatic carbocycles. The summed E-state index contributed by atoms with van der Waals surface area (Å²) in [5.41, 5.74) is 9.77. The molecule has 0 unspecified atom stereocenters. The third-order valence-corrected chi connectivity index (χ3v) is 3.33. The highest BCUT2D eigenvalue weighted by atomic mass is 16.5. The standard InChI is InChI=1S/C16H20N2O3/c1-4-20-15(19)9-14(17)12-6-5-7-13(8-12)16-10(2)18-21-11(16)3/h5-8,14H,4,9,17H2,1-3H3/t14-/m0/s1. The third-order valence-electron chi connectivity index (χ3n) is 3.33. The monoisotopic (exact) mass is 288 g/mol. The molecule has 0 radical (unpaired) electrons. The highest BCUT2D eigenvalue weighted by molar-refractivity contribution is 5.71. The van der Waals surface area contributed by atoms with E-state index in [1.54, 1.807) is 6.92 Å². The lowest BCUT2D eigenvalue weighted by atomic mass is 9.97. The number of aryl methyl sites for hydroxylation is 2. The predicted octanol–water partition coefficient (Wildman–Crippen LogP) is 2.91. The second-order valence-corrected chi connectivity index (χ2v) is 4.94. The normalized spacial score (nSPS) is 12.2. The summed E-state index contributed by atoms with van der Waals surface area (Å²) >= 11 is 0. The van der Waals surface area contributed by atoms with Crippen molar-refractivity contribution < 1.29 is 14.1 Å². The van der Waals surface area contributed by atoms with Gasteiger partial charge in [0.15, 0.2) is 0 Å². The molecule has 1 atom stereocenters. The highest BCUT2D eigenvalue weighted by Crippen LogP contribution is 2.29. The summed E-state index contributed by atoms with van der Waals surface area (Å²) in [6.45, 7) is 5.92. The number of benzene rings is 1. The van der Waals surface area contributed by atoms with Crippen LogP contribution in [0.4, 0.5) is 0 Å². The van der Waals surface area contributed by atoms with Crippen LogP contribution in [-0.2, 0) is 9.53 Å². The number of nitrogens with zero attached hydrogens (tertiary/aromatic N) is 1. The van der Waals surface area contributed by atoms with Gasteiger partial charge < -0.3 is 15.0 Å². The molecule has 0 aliphatic heterocycles. The molecule has 5 nitrogen and oxygen atoms in total. The number of hydrogen-bond acceptors (Lipinski definition) is 5. The second-order valence-electron chi connectivity index (χ2n) is 4.94. The average Bonchev–Trinajstić information content (AvgIpc) is 2.78. The van der Waals surface area contributed by atoms with Crippen molar-refractivity contribution in [1.82, 2.24) is 5.16 Å². The van der Waals surface area contributed by atoms with Crippen LogP contribution in [0.25, 0.3) is 11.1 Å². The molecule has 0 saturated carbocycles. The zero-order valence-electron chi connectivity index (χ0n) is 12.6. The van der Waals surface area contributed by atoms with Gasteiger partial charge in [-0.25, -0.2) is 0 Å². The summed E-state index contributed by atoms with van der Waals surface area (Å²) in [7, 11) is 0. The van der Waals surface area contributed by atoms with Crippen LogP contribution in [0, 0.1) is 13.8 Å². The van der Waals surface area contributed by atoms with Crippen LogP contribution in [0.3, 0.4) is 0 Å². The molecule has 0 aliphatic rings. The van der Waals surface area contributed by atoms with E-state index in [9.17, 15) is 4.79 Å². The largest absolute Gasteiger partial charge is 0.466 e. The summed E-state index contributed by atoms with van der Waals surface area (Å²) in [5, 5.41) is 3.96. The number of carbonyl (C=O) groups is 1. The van der Waals surface area contributed by atoms with Crippen LogP contribution in [0.15, 0.2) is 28.8 Å². The highest BCUT2D eigenvalue weighted by Gasteiger charge is 2.16. The summed E-state index contributed by atoms with van der Waals surface area (Å²) in [5.74, 6) is 0.483. The first-order chi connectivity index (χ1) is 10.0. The summed E-state index contributed by atoms with van der Waals surface area (Å²) in [6.07, 6.45) is 0.166. The number of rotatable bonds is 5. The summed E-state index contributed by atoms with van der Waals surface area (Å²) < 4.78 is 10.1. The van der Waals surface area contributed by atoms with Crippen molar-refractivity contribution in [1.29, 1.82) is 0 Å². The lowest BCUT2D eigenvalue weighted by Crippen LogP contribution is -2.17. The Hall–Kier alpha value is -2.14. The van der Waals surface area contributed by atoms with E-state index in [0.29, 0.717) is 6.61 Å². The number of aromatic nitrogens is 1. The van der Waals surface area contributed by atoms with E-state index in [1.807, 2.05) is 38.1 Å². The smallest absolute Gasteiger partial charge is 0.307 e. The molecular formula is C16H20N2O3. The van der Waals surface area contributed by atoms with E-state index in [-0.39, 0.29) is 18.4 Å². The van der Waals surface area contributed by atoms with Gasteiger partial charge in [0.2, 0.25) is 0 Å². The third kappa shape index (κ3) is 3.49. The lowest BCUT2D eigenvalue weighted by molar-refractivity contribution is -0.143. The van der Waals surface area contributed by atoms with Crippen molar-refractivity contribution in [2.45, 2.75) is 33.2 Å². The number of ether oxygens (including phenoxy) is 1. The first kappa shape index (κ1) is 15.3. The fourth-order valence-electron chi connectivity index (χ4n) is 2.34. The molecule has 0 fully saturated rings. The quantitative estimate of drug-likeness (QED) is 0.856. The molecule has 1 aromatic heterocycles. The maximum atomic E-state index is 11.5. The minimum absolute atomic E-state index is 0.166. The van der Waals surface area contributed by atoms with Crippen molar-refractivity contribution >= 4 is 5.97 Å². The lowest BCUT2D eigenvalue weighted by Gasteiger charge is -2.12. The van der Waals surface area contributed by atoms with Gasteiger partial charge in [-0.15, -0.1) is 0 Å². The van der Waals surface area contributed by atoms with Gasteiger partial charge >= 0.3 is 5.97 Å². The van der Waals surface area contributed by atoms with E-state index >= 15 is 0 Å². The molecule has 0 spiro atoms. The molecule has 0 amide bonds. The molecule has 2 rings (SSSR count). The Balaban J connectivity index is 2.24. The fourth-order valence-corrected chi connectivity index (χ4v) is 2.34. The fraction of sp³-hybridized carbons (Fsp3) is 0.375. The number of esters is 1. The van der Waals surface area contributed by atoms with Gasteiger partial charge in [0.05, 0.1) is 18.7 Å². The van der Waals surface area contributed by atoms with Gasteiger partial charge in [-0.05, 0) is 38.0 Å². The molecule has 0 bridgehead atoms. The van der Waals surface area contributed by atoms with Crippen molar-refractivity contribution in [3.63, 3.8) is 0 Å². The zero-order chi connectivity index (χ0) is 15.4. The second kappa shape index (κ2) is 6.54. The molecule has 1 aromatic carbocycles. The van der Waals surface area contributed by atoms with Gasteiger partial charge in [-0.3, -0.25) is 4.79 Å². The molecular weight excluding hydrogens is 268 g/mol. The van der Waals surface area contributed by atoms with Crippen LogP contribution in [0.1, 0.15) is 36.4 Å². The molecule has 0 saturated heterocycles. The van der Waals surface area contributed by atoms with E-state index in [2.05, 4.69) is 5.16 Å². The summed E-state index contributed by atoms with van der Waals surface area (Å²) in [4.78, 5) is 11.5. The van der Waals surface area contributed by atoms with E-state index in [4.69, 9.17) is 15.0 Å². The van der Waals surface area contributed by atoms with Crippen molar-refractivity contribution in [3.05, 3.63) is 41.3 Å². The number of carbonyl (C=O) groups excluding carboxylic acids is 1. The van der Waals surface area contributed by atoms with E-state index in [0.717, 1.165) is 28.1 Å². The van der Waals surface area contributed by atoms with Gasteiger partial charge in [0.25, 0.3) is 0 Å². The van der Waals surface area contributed by atoms with E-state index < -0.39 is 0 Å². The van der Waals surface area contributed by atoms with Crippen LogP contribution < -0.4 is 5.73 Å². The first-order valence-corrected chi connectivity index (χ1v) is 6.97. The molecule has 2 aromatic rings. The van der Waals surface area contributed by atoms with E-state index in [1.165, 1.54) is 0 Å². The minimum atomic E-state index is -0.385. The molecule has 5 heteroatoms. The Morgan fingerprint density at radius 2 is 2.19 bits per heavy atom. The van der Waals surface area contributed by atoms with Gasteiger partial charge in [0, 0.05) is 11.6 Å².